The zero-order valence-electron chi connectivity index (χ0n) is 11.0. The van der Waals surface area contributed by atoms with Gasteiger partial charge in [-0.05, 0) is 31.5 Å². The molecule has 6 nitrogen and oxygen atoms in total. The maximum Gasteiger partial charge on any atom is 0.274 e. The Kier molecular flexibility index (Phi) is 5.78. The molecule has 0 unspecified atom stereocenters. The second-order valence-electron chi connectivity index (χ2n) is 3.87. The molecule has 1 aromatic rings. The van der Waals surface area contributed by atoms with Crippen molar-refractivity contribution in [3.05, 3.63) is 29.8 Å². The molecular weight excluding hydrogens is 268 g/mol. The first kappa shape index (κ1) is 15.5. The molecule has 0 aliphatic heterocycles. The van der Waals surface area contributed by atoms with Crippen molar-refractivity contribution in [3.8, 4) is 0 Å². The number of rotatable bonds is 7. The molecule has 0 heterocycles. The fraction of sp³-hybridized carbons (Fsp3) is 0.417. The molecule has 0 atom stereocenters. The number of sulfonamides is 1. The second kappa shape index (κ2) is 7.10. The Labute approximate surface area is 113 Å². The highest BCUT2D eigenvalue weighted by atomic mass is 32.2. The van der Waals surface area contributed by atoms with Crippen LogP contribution < -0.4 is 10.2 Å². The van der Waals surface area contributed by atoms with Crippen molar-refractivity contribution >= 4 is 21.6 Å². The smallest absolute Gasteiger partial charge is 0.274 e. The van der Waals surface area contributed by atoms with E-state index in [0.29, 0.717) is 24.3 Å². The largest absolute Gasteiger partial charge is 0.284 e. The van der Waals surface area contributed by atoms with Gasteiger partial charge < -0.3 is 0 Å². The Hall–Kier alpha value is -1.60. The molecule has 0 bridgehead atoms. The van der Waals surface area contributed by atoms with Crippen LogP contribution in [0.3, 0.4) is 0 Å². The SMILES string of the molecule is CCCS(=O)(=O)Nc1cccc(C(=O)NOCC)c1. The topological polar surface area (TPSA) is 84.5 Å². The van der Waals surface area contributed by atoms with Gasteiger partial charge in [0.05, 0.1) is 12.4 Å². The first-order valence-corrected chi connectivity index (χ1v) is 7.66. The highest BCUT2D eigenvalue weighted by Crippen LogP contribution is 2.13. The van der Waals surface area contributed by atoms with Gasteiger partial charge in [-0.1, -0.05) is 13.0 Å². The van der Waals surface area contributed by atoms with Gasteiger partial charge in [0, 0.05) is 11.3 Å². The maximum absolute atomic E-state index is 11.6. The molecule has 0 fully saturated rings. The molecule has 1 aromatic carbocycles. The number of carbonyl (C=O) groups excluding carboxylic acids is 1. The lowest BCUT2D eigenvalue weighted by Gasteiger charge is -2.09. The lowest BCUT2D eigenvalue weighted by Crippen LogP contribution is -2.23. The minimum absolute atomic E-state index is 0.0440. The summed E-state index contributed by atoms with van der Waals surface area (Å²) in [6, 6.07) is 6.23. The molecule has 2 N–H and O–H groups in total. The Morgan fingerprint density at radius 3 is 2.68 bits per heavy atom. The lowest BCUT2D eigenvalue weighted by molar-refractivity contribution is 0.0364. The minimum Gasteiger partial charge on any atom is -0.284 e. The van der Waals surface area contributed by atoms with Crippen LogP contribution in [0.5, 0.6) is 0 Å². The molecule has 0 aliphatic carbocycles. The van der Waals surface area contributed by atoms with Crippen LogP contribution in [0, 0.1) is 0 Å². The summed E-state index contributed by atoms with van der Waals surface area (Å²) >= 11 is 0. The maximum atomic E-state index is 11.6. The molecule has 0 radical (unpaired) electrons. The Balaban J connectivity index is 2.80. The summed E-state index contributed by atoms with van der Waals surface area (Å²) in [6.07, 6.45) is 0.528. The number of benzene rings is 1. The van der Waals surface area contributed by atoms with E-state index < -0.39 is 15.9 Å². The summed E-state index contributed by atoms with van der Waals surface area (Å²) in [4.78, 5) is 16.4. The highest BCUT2D eigenvalue weighted by Gasteiger charge is 2.11. The Morgan fingerprint density at radius 2 is 2.05 bits per heavy atom. The number of anilines is 1. The number of amides is 1. The van der Waals surface area contributed by atoms with Crippen LogP contribution >= 0.6 is 0 Å². The third-order valence-electron chi connectivity index (χ3n) is 2.18. The molecule has 19 heavy (non-hydrogen) atoms. The van der Waals surface area contributed by atoms with Crippen molar-refractivity contribution in [1.29, 1.82) is 0 Å². The molecule has 106 valence electrons. The third-order valence-corrected chi connectivity index (χ3v) is 3.67. The monoisotopic (exact) mass is 286 g/mol. The molecule has 0 saturated heterocycles. The van der Waals surface area contributed by atoms with Gasteiger partial charge in [-0.3, -0.25) is 14.4 Å². The summed E-state index contributed by atoms with van der Waals surface area (Å²) < 4.78 is 25.7. The van der Waals surface area contributed by atoms with E-state index in [0.717, 1.165) is 0 Å². The van der Waals surface area contributed by atoms with Crippen LogP contribution in [0.1, 0.15) is 30.6 Å². The fourth-order valence-corrected chi connectivity index (χ4v) is 2.55. The molecule has 0 aromatic heterocycles. The average Bonchev–Trinajstić information content (AvgIpc) is 2.35. The quantitative estimate of drug-likeness (QED) is 0.744. The van der Waals surface area contributed by atoms with Crippen LogP contribution in [0.25, 0.3) is 0 Å². The van der Waals surface area contributed by atoms with E-state index in [1.807, 2.05) is 0 Å². The van der Waals surface area contributed by atoms with Crippen molar-refractivity contribution < 1.29 is 18.0 Å². The zero-order valence-corrected chi connectivity index (χ0v) is 11.8. The lowest BCUT2D eigenvalue weighted by atomic mass is 10.2. The number of hydrogen-bond donors (Lipinski definition) is 2. The van der Waals surface area contributed by atoms with Crippen molar-refractivity contribution in [2.45, 2.75) is 20.3 Å². The van der Waals surface area contributed by atoms with Crippen LogP contribution in [-0.2, 0) is 14.9 Å². The average molecular weight is 286 g/mol. The fourth-order valence-electron chi connectivity index (χ4n) is 1.42. The predicted molar refractivity (Wildman–Crippen MR) is 73.2 cm³/mol. The van der Waals surface area contributed by atoms with Gasteiger partial charge >= 0.3 is 0 Å². The molecule has 0 saturated carbocycles. The molecule has 0 spiro atoms. The van der Waals surface area contributed by atoms with E-state index in [1.165, 1.54) is 6.07 Å². The second-order valence-corrected chi connectivity index (χ2v) is 5.71. The van der Waals surface area contributed by atoms with Crippen molar-refractivity contribution in [1.82, 2.24) is 5.48 Å². The zero-order chi connectivity index (χ0) is 14.3. The number of nitrogens with one attached hydrogen (secondary N) is 2. The van der Waals surface area contributed by atoms with E-state index in [-0.39, 0.29) is 5.75 Å². The van der Waals surface area contributed by atoms with Crippen LogP contribution in [0.4, 0.5) is 5.69 Å². The first-order chi connectivity index (χ1) is 8.98. The third kappa shape index (κ3) is 5.27. The van der Waals surface area contributed by atoms with E-state index in [9.17, 15) is 13.2 Å². The van der Waals surface area contributed by atoms with Crippen LogP contribution in [0.2, 0.25) is 0 Å². The Bertz CT molecular complexity index is 528. The predicted octanol–water partition coefficient (Wildman–Crippen LogP) is 1.52. The molecule has 0 aliphatic rings. The van der Waals surface area contributed by atoms with Crippen molar-refractivity contribution in [2.75, 3.05) is 17.1 Å². The van der Waals surface area contributed by atoms with Gasteiger partial charge in [0.1, 0.15) is 0 Å². The summed E-state index contributed by atoms with van der Waals surface area (Å²) in [7, 11) is -3.36. The van der Waals surface area contributed by atoms with Gasteiger partial charge in [-0.25, -0.2) is 13.9 Å². The van der Waals surface area contributed by atoms with Gasteiger partial charge in [0.2, 0.25) is 10.0 Å². The standard InChI is InChI=1S/C12H18N2O4S/c1-3-8-19(16,17)14-11-7-5-6-10(9-11)12(15)13-18-4-2/h5-7,9,14H,3-4,8H2,1-2H3,(H,13,15). The molecular formula is C12H18N2O4S. The van der Waals surface area contributed by atoms with Crippen LogP contribution in [-0.4, -0.2) is 26.7 Å². The summed E-state index contributed by atoms with van der Waals surface area (Å²) in [5.41, 5.74) is 2.93. The van der Waals surface area contributed by atoms with E-state index in [1.54, 1.807) is 32.0 Å². The molecule has 1 amide bonds. The Morgan fingerprint density at radius 1 is 1.32 bits per heavy atom. The van der Waals surface area contributed by atoms with Crippen molar-refractivity contribution in [3.63, 3.8) is 0 Å². The van der Waals surface area contributed by atoms with E-state index >= 15 is 0 Å². The molecule has 1 rings (SSSR count). The van der Waals surface area contributed by atoms with Crippen LogP contribution in [0.15, 0.2) is 24.3 Å². The highest BCUT2D eigenvalue weighted by molar-refractivity contribution is 7.92. The first-order valence-electron chi connectivity index (χ1n) is 6.01. The van der Waals surface area contributed by atoms with E-state index in [4.69, 9.17) is 4.84 Å². The summed E-state index contributed by atoms with van der Waals surface area (Å²) in [5, 5.41) is 0. The molecule has 7 heteroatoms. The van der Waals surface area contributed by atoms with Crippen molar-refractivity contribution in [2.24, 2.45) is 0 Å². The summed E-state index contributed by atoms with van der Waals surface area (Å²) in [6.45, 7) is 3.88. The minimum atomic E-state index is -3.36. The van der Waals surface area contributed by atoms with Gasteiger partial charge in [0.15, 0.2) is 0 Å². The van der Waals surface area contributed by atoms with Gasteiger partial charge in [0.25, 0.3) is 5.91 Å². The summed E-state index contributed by atoms with van der Waals surface area (Å²) in [5.74, 6) is -0.374. The number of hydrogen-bond acceptors (Lipinski definition) is 4. The van der Waals surface area contributed by atoms with Gasteiger partial charge in [-0.15, -0.1) is 0 Å². The normalized spacial score (nSPS) is 11.1. The van der Waals surface area contributed by atoms with Gasteiger partial charge in [-0.2, -0.15) is 0 Å². The number of hydroxylamine groups is 1. The van der Waals surface area contributed by atoms with E-state index in [2.05, 4.69) is 10.2 Å². The number of carbonyl (C=O) groups is 1.